The SMILES string of the molecule is CC(C)(O)CCN1CCCCC1C(=O)O. The Morgan fingerprint density at radius 2 is 2.13 bits per heavy atom. The van der Waals surface area contributed by atoms with Crippen molar-refractivity contribution < 1.29 is 15.0 Å². The third-order valence-corrected chi connectivity index (χ3v) is 2.91. The molecule has 0 radical (unpaired) electrons. The van der Waals surface area contributed by atoms with Gasteiger partial charge in [-0.1, -0.05) is 6.42 Å². The Balaban J connectivity index is 2.46. The first-order valence-electron chi connectivity index (χ1n) is 5.59. The first kappa shape index (κ1) is 12.5. The highest BCUT2D eigenvalue weighted by molar-refractivity contribution is 5.73. The largest absolute Gasteiger partial charge is 0.480 e. The van der Waals surface area contributed by atoms with Crippen LogP contribution >= 0.6 is 0 Å². The zero-order chi connectivity index (χ0) is 11.5. The van der Waals surface area contributed by atoms with Crippen molar-refractivity contribution in [2.45, 2.75) is 51.2 Å². The van der Waals surface area contributed by atoms with Crippen LogP contribution < -0.4 is 0 Å². The maximum Gasteiger partial charge on any atom is 0.320 e. The van der Waals surface area contributed by atoms with Gasteiger partial charge in [0.05, 0.1) is 5.60 Å². The van der Waals surface area contributed by atoms with Crippen molar-refractivity contribution in [3.05, 3.63) is 0 Å². The minimum absolute atomic E-state index is 0.346. The van der Waals surface area contributed by atoms with E-state index in [4.69, 9.17) is 5.11 Å². The molecule has 0 spiro atoms. The summed E-state index contributed by atoms with van der Waals surface area (Å²) < 4.78 is 0. The van der Waals surface area contributed by atoms with Crippen LogP contribution in [0.5, 0.6) is 0 Å². The number of piperidine rings is 1. The van der Waals surface area contributed by atoms with Gasteiger partial charge in [-0.15, -0.1) is 0 Å². The van der Waals surface area contributed by atoms with E-state index in [0.29, 0.717) is 13.0 Å². The van der Waals surface area contributed by atoms with Crippen molar-refractivity contribution in [2.75, 3.05) is 13.1 Å². The van der Waals surface area contributed by atoms with E-state index >= 15 is 0 Å². The monoisotopic (exact) mass is 215 g/mol. The van der Waals surface area contributed by atoms with Crippen LogP contribution in [-0.2, 0) is 4.79 Å². The number of carboxylic acid groups (broad SMARTS) is 1. The first-order chi connectivity index (χ1) is 6.90. The molecule has 1 aliphatic rings. The third-order valence-electron chi connectivity index (χ3n) is 2.91. The summed E-state index contributed by atoms with van der Waals surface area (Å²) in [6.45, 7) is 5.02. The van der Waals surface area contributed by atoms with Crippen LogP contribution in [0.15, 0.2) is 0 Å². The van der Waals surface area contributed by atoms with Crippen LogP contribution in [0.3, 0.4) is 0 Å². The van der Waals surface area contributed by atoms with Crippen molar-refractivity contribution in [1.82, 2.24) is 4.90 Å². The molecule has 1 fully saturated rings. The van der Waals surface area contributed by atoms with Crippen LogP contribution in [-0.4, -0.2) is 45.8 Å². The number of hydrogen-bond acceptors (Lipinski definition) is 3. The Labute approximate surface area is 90.9 Å². The Hall–Kier alpha value is -0.610. The predicted octanol–water partition coefficient (Wildman–Crippen LogP) is 1.09. The quantitative estimate of drug-likeness (QED) is 0.737. The summed E-state index contributed by atoms with van der Waals surface area (Å²) in [5.41, 5.74) is -0.708. The molecule has 2 N–H and O–H groups in total. The van der Waals surface area contributed by atoms with Crippen LogP contribution in [0.4, 0.5) is 0 Å². The highest BCUT2D eigenvalue weighted by Crippen LogP contribution is 2.19. The van der Waals surface area contributed by atoms with Crippen LogP contribution in [0.25, 0.3) is 0 Å². The van der Waals surface area contributed by atoms with Crippen molar-refractivity contribution in [2.24, 2.45) is 0 Å². The maximum absolute atomic E-state index is 11.0. The Morgan fingerprint density at radius 1 is 1.47 bits per heavy atom. The second-order valence-electron chi connectivity index (χ2n) is 4.95. The topological polar surface area (TPSA) is 60.8 Å². The number of carboxylic acids is 1. The van der Waals surface area contributed by atoms with E-state index in [-0.39, 0.29) is 6.04 Å². The molecule has 4 nitrogen and oxygen atoms in total. The molecular formula is C11H21NO3. The zero-order valence-electron chi connectivity index (χ0n) is 9.57. The molecule has 0 aromatic heterocycles. The summed E-state index contributed by atoms with van der Waals surface area (Å²) in [4.78, 5) is 13.0. The lowest BCUT2D eigenvalue weighted by Crippen LogP contribution is -2.46. The lowest BCUT2D eigenvalue weighted by atomic mass is 9.99. The third kappa shape index (κ3) is 4.18. The molecule has 88 valence electrons. The Morgan fingerprint density at radius 3 is 2.67 bits per heavy atom. The molecule has 0 bridgehead atoms. The minimum atomic E-state index is -0.731. The molecule has 0 aromatic carbocycles. The lowest BCUT2D eigenvalue weighted by molar-refractivity contribution is -0.144. The normalized spacial score (nSPS) is 24.1. The van der Waals surface area contributed by atoms with Gasteiger partial charge in [0.15, 0.2) is 0 Å². The second kappa shape index (κ2) is 4.94. The average molecular weight is 215 g/mol. The minimum Gasteiger partial charge on any atom is -0.480 e. The lowest BCUT2D eigenvalue weighted by Gasteiger charge is -2.34. The van der Waals surface area contributed by atoms with Gasteiger partial charge in [-0.3, -0.25) is 9.69 Å². The van der Waals surface area contributed by atoms with Crippen LogP contribution in [0.1, 0.15) is 39.5 Å². The zero-order valence-corrected chi connectivity index (χ0v) is 9.57. The number of aliphatic carboxylic acids is 1. The molecule has 1 saturated heterocycles. The van der Waals surface area contributed by atoms with E-state index in [9.17, 15) is 9.90 Å². The number of hydrogen-bond donors (Lipinski definition) is 2. The van der Waals surface area contributed by atoms with Gasteiger partial charge >= 0.3 is 5.97 Å². The van der Waals surface area contributed by atoms with Gasteiger partial charge in [0, 0.05) is 6.54 Å². The molecular weight excluding hydrogens is 194 g/mol. The van der Waals surface area contributed by atoms with Gasteiger partial charge in [-0.2, -0.15) is 0 Å². The smallest absolute Gasteiger partial charge is 0.320 e. The summed E-state index contributed by atoms with van der Waals surface area (Å²) >= 11 is 0. The second-order valence-corrected chi connectivity index (χ2v) is 4.95. The molecule has 0 amide bonds. The van der Waals surface area contributed by atoms with Gasteiger partial charge < -0.3 is 10.2 Å². The van der Waals surface area contributed by atoms with E-state index in [0.717, 1.165) is 25.8 Å². The molecule has 0 aliphatic carbocycles. The fourth-order valence-corrected chi connectivity index (χ4v) is 1.96. The summed E-state index contributed by atoms with van der Waals surface area (Å²) in [5.74, 6) is -0.731. The number of likely N-dealkylation sites (tertiary alicyclic amines) is 1. The average Bonchev–Trinajstić information content (AvgIpc) is 2.14. The number of aliphatic hydroxyl groups is 1. The molecule has 0 saturated carbocycles. The predicted molar refractivity (Wildman–Crippen MR) is 57.8 cm³/mol. The fourth-order valence-electron chi connectivity index (χ4n) is 1.96. The van der Waals surface area contributed by atoms with Gasteiger partial charge in [-0.25, -0.2) is 0 Å². The summed E-state index contributed by atoms with van der Waals surface area (Å²) in [6, 6.07) is -0.346. The van der Waals surface area contributed by atoms with E-state index in [1.807, 2.05) is 4.90 Å². The Bertz CT molecular complexity index is 222. The first-order valence-corrected chi connectivity index (χ1v) is 5.59. The number of rotatable bonds is 4. The van der Waals surface area contributed by atoms with Crippen molar-refractivity contribution in [3.63, 3.8) is 0 Å². The van der Waals surface area contributed by atoms with E-state index < -0.39 is 11.6 Å². The molecule has 1 heterocycles. The molecule has 15 heavy (non-hydrogen) atoms. The summed E-state index contributed by atoms with van der Waals surface area (Å²) in [5, 5.41) is 18.6. The molecule has 1 rings (SSSR count). The van der Waals surface area contributed by atoms with Crippen molar-refractivity contribution in [3.8, 4) is 0 Å². The van der Waals surface area contributed by atoms with Crippen LogP contribution in [0.2, 0.25) is 0 Å². The van der Waals surface area contributed by atoms with E-state index in [2.05, 4.69) is 0 Å². The number of carbonyl (C=O) groups is 1. The summed E-state index contributed by atoms with van der Waals surface area (Å²) in [7, 11) is 0. The van der Waals surface area contributed by atoms with E-state index in [1.54, 1.807) is 13.8 Å². The molecule has 1 unspecified atom stereocenters. The van der Waals surface area contributed by atoms with Gasteiger partial charge in [0.25, 0.3) is 0 Å². The van der Waals surface area contributed by atoms with Gasteiger partial charge in [0.1, 0.15) is 6.04 Å². The highest BCUT2D eigenvalue weighted by atomic mass is 16.4. The Kier molecular flexibility index (Phi) is 4.11. The highest BCUT2D eigenvalue weighted by Gasteiger charge is 2.29. The molecule has 1 atom stereocenters. The molecule has 0 aromatic rings. The molecule has 1 aliphatic heterocycles. The molecule has 4 heteroatoms. The van der Waals surface area contributed by atoms with Crippen molar-refractivity contribution in [1.29, 1.82) is 0 Å². The number of nitrogens with zero attached hydrogens (tertiary/aromatic N) is 1. The standard InChI is InChI=1S/C11H21NO3/c1-11(2,15)6-8-12-7-4-3-5-9(12)10(13)14/h9,15H,3-8H2,1-2H3,(H,13,14). The maximum atomic E-state index is 11.0. The van der Waals surface area contributed by atoms with E-state index in [1.165, 1.54) is 0 Å². The van der Waals surface area contributed by atoms with Gasteiger partial charge in [0.2, 0.25) is 0 Å². The fraction of sp³-hybridized carbons (Fsp3) is 0.909. The van der Waals surface area contributed by atoms with Gasteiger partial charge in [-0.05, 0) is 39.7 Å². The van der Waals surface area contributed by atoms with Crippen molar-refractivity contribution >= 4 is 5.97 Å². The summed E-state index contributed by atoms with van der Waals surface area (Å²) in [6.07, 6.45) is 3.42. The van der Waals surface area contributed by atoms with Crippen LogP contribution in [0, 0.1) is 0 Å².